The van der Waals surface area contributed by atoms with Crippen LogP contribution >= 0.6 is 12.4 Å². The highest BCUT2D eigenvalue weighted by atomic mass is 35.5. The number of piperidine rings is 1. The first-order valence-electron chi connectivity index (χ1n) is 10.5. The largest absolute Gasteiger partial charge is 0.339 e. The highest BCUT2D eigenvalue weighted by Gasteiger charge is 2.57. The summed E-state index contributed by atoms with van der Waals surface area (Å²) in [4.78, 5) is 27.8. The van der Waals surface area contributed by atoms with Gasteiger partial charge in [-0.1, -0.05) is 31.4 Å². The average Bonchev–Trinajstić information content (AvgIpc) is 3.41. The summed E-state index contributed by atoms with van der Waals surface area (Å²) in [5.41, 5.74) is 1.47. The Balaban J connectivity index is 0.00000225. The highest BCUT2D eigenvalue weighted by Crippen LogP contribution is 2.58. The molecule has 3 aliphatic rings. The second kappa shape index (κ2) is 8.83. The number of hydrogen-bond acceptors (Lipinski definition) is 3. The van der Waals surface area contributed by atoms with Crippen LogP contribution in [0.15, 0.2) is 24.3 Å². The summed E-state index contributed by atoms with van der Waals surface area (Å²) in [6.45, 7) is 2.01. The zero-order chi connectivity index (χ0) is 18.9. The SMILES string of the molecule is CN(C(=O)c1ccccc1NC(=O)C1CC12CCNCC2)C1CCCCC1.Cl. The molecule has 5 nitrogen and oxygen atoms in total. The Bertz CT molecular complexity index is 711. The van der Waals surface area contributed by atoms with Crippen molar-refractivity contribution in [1.29, 1.82) is 0 Å². The van der Waals surface area contributed by atoms with Gasteiger partial charge in [0.25, 0.3) is 5.91 Å². The van der Waals surface area contributed by atoms with Crippen molar-refractivity contribution in [2.45, 2.75) is 57.4 Å². The lowest BCUT2D eigenvalue weighted by Gasteiger charge is -2.31. The summed E-state index contributed by atoms with van der Waals surface area (Å²) in [6, 6.07) is 7.78. The Morgan fingerprint density at radius 3 is 2.50 bits per heavy atom. The van der Waals surface area contributed by atoms with Crippen molar-refractivity contribution >= 4 is 29.9 Å². The summed E-state index contributed by atoms with van der Waals surface area (Å²) in [7, 11) is 1.90. The van der Waals surface area contributed by atoms with Crippen molar-refractivity contribution in [3.8, 4) is 0 Å². The second-order valence-corrected chi connectivity index (χ2v) is 8.61. The van der Waals surface area contributed by atoms with Crippen molar-refractivity contribution in [3.63, 3.8) is 0 Å². The van der Waals surface area contributed by atoms with Crippen molar-refractivity contribution < 1.29 is 9.59 Å². The molecule has 1 atom stereocenters. The van der Waals surface area contributed by atoms with Crippen molar-refractivity contribution in [1.82, 2.24) is 10.2 Å². The molecule has 6 heteroatoms. The molecule has 3 fully saturated rings. The molecule has 1 aromatic carbocycles. The fraction of sp³-hybridized carbons (Fsp3) is 0.636. The zero-order valence-corrected chi connectivity index (χ0v) is 17.5. The lowest BCUT2D eigenvalue weighted by atomic mass is 9.91. The standard InChI is InChI=1S/C22H31N3O2.ClH/c1-25(16-7-3-2-4-8-16)21(27)17-9-5-6-10-19(17)24-20(26)18-15-22(18)11-13-23-14-12-22;/h5-6,9-10,16,18,23H,2-4,7-8,11-15H2,1H3,(H,24,26);1H. The minimum absolute atomic E-state index is 0. The molecule has 1 spiro atoms. The van der Waals surface area contributed by atoms with Crippen LogP contribution in [0.3, 0.4) is 0 Å². The Hall–Kier alpha value is -1.59. The molecule has 2 aliphatic carbocycles. The number of nitrogens with one attached hydrogen (secondary N) is 2. The Labute approximate surface area is 174 Å². The number of carbonyl (C=O) groups is 2. The van der Waals surface area contributed by atoms with Gasteiger partial charge in [0.1, 0.15) is 0 Å². The van der Waals surface area contributed by atoms with E-state index in [4.69, 9.17) is 0 Å². The second-order valence-electron chi connectivity index (χ2n) is 8.61. The molecule has 0 radical (unpaired) electrons. The van der Waals surface area contributed by atoms with Crippen molar-refractivity contribution in [3.05, 3.63) is 29.8 Å². The first-order chi connectivity index (χ1) is 13.1. The molecule has 1 unspecified atom stereocenters. The molecule has 2 saturated carbocycles. The fourth-order valence-electron chi connectivity index (χ4n) is 5.02. The van der Waals surface area contributed by atoms with E-state index in [1.165, 1.54) is 19.3 Å². The summed E-state index contributed by atoms with van der Waals surface area (Å²) in [6.07, 6.45) is 8.96. The molecule has 1 heterocycles. The first-order valence-corrected chi connectivity index (χ1v) is 10.5. The van der Waals surface area contributed by atoms with Gasteiger partial charge in [0.05, 0.1) is 11.3 Å². The molecule has 154 valence electrons. The van der Waals surface area contributed by atoms with E-state index in [-0.39, 0.29) is 35.6 Å². The van der Waals surface area contributed by atoms with Gasteiger partial charge in [-0.3, -0.25) is 9.59 Å². The van der Waals surface area contributed by atoms with E-state index >= 15 is 0 Å². The number of halogens is 1. The van der Waals surface area contributed by atoms with Crippen LogP contribution in [-0.4, -0.2) is 42.9 Å². The van der Waals surface area contributed by atoms with Gasteiger partial charge in [-0.2, -0.15) is 0 Å². The number of carbonyl (C=O) groups excluding carboxylic acids is 2. The Morgan fingerprint density at radius 2 is 1.79 bits per heavy atom. The van der Waals surface area contributed by atoms with E-state index in [0.29, 0.717) is 17.3 Å². The van der Waals surface area contributed by atoms with E-state index in [1.54, 1.807) is 0 Å². The van der Waals surface area contributed by atoms with Crippen LogP contribution in [0, 0.1) is 11.3 Å². The fourth-order valence-corrected chi connectivity index (χ4v) is 5.02. The Morgan fingerprint density at radius 1 is 1.11 bits per heavy atom. The maximum Gasteiger partial charge on any atom is 0.255 e. The predicted octanol–water partition coefficient (Wildman–Crippen LogP) is 3.84. The van der Waals surface area contributed by atoms with Crippen LogP contribution in [0.5, 0.6) is 0 Å². The van der Waals surface area contributed by atoms with Crippen LogP contribution in [0.1, 0.15) is 61.7 Å². The van der Waals surface area contributed by atoms with Gasteiger partial charge in [0, 0.05) is 19.0 Å². The number of nitrogens with zero attached hydrogens (tertiary/aromatic N) is 1. The summed E-state index contributed by atoms with van der Waals surface area (Å²) < 4.78 is 0. The molecular weight excluding hydrogens is 374 g/mol. The maximum atomic E-state index is 13.1. The molecule has 4 rings (SSSR count). The van der Waals surface area contributed by atoms with Crippen LogP contribution in [0.4, 0.5) is 5.69 Å². The minimum atomic E-state index is 0. The third-order valence-corrected chi connectivity index (χ3v) is 6.96. The Kier molecular flexibility index (Phi) is 6.66. The topological polar surface area (TPSA) is 61.4 Å². The van der Waals surface area contributed by atoms with E-state index in [9.17, 15) is 9.59 Å². The van der Waals surface area contributed by atoms with E-state index in [2.05, 4.69) is 10.6 Å². The van der Waals surface area contributed by atoms with E-state index in [1.807, 2.05) is 36.2 Å². The summed E-state index contributed by atoms with van der Waals surface area (Å²) in [5.74, 6) is 0.196. The molecule has 1 saturated heterocycles. The molecular formula is C22H32ClN3O2. The number of rotatable bonds is 4. The zero-order valence-electron chi connectivity index (χ0n) is 16.7. The van der Waals surface area contributed by atoms with Gasteiger partial charge in [-0.15, -0.1) is 12.4 Å². The number of para-hydroxylation sites is 1. The van der Waals surface area contributed by atoms with E-state index < -0.39 is 0 Å². The number of amides is 2. The molecule has 0 bridgehead atoms. The number of benzene rings is 1. The van der Waals surface area contributed by atoms with Crippen molar-refractivity contribution in [2.75, 3.05) is 25.5 Å². The highest BCUT2D eigenvalue weighted by molar-refractivity contribution is 6.04. The quantitative estimate of drug-likeness (QED) is 0.799. The number of anilines is 1. The maximum absolute atomic E-state index is 13.1. The summed E-state index contributed by atoms with van der Waals surface area (Å²) in [5, 5.41) is 6.45. The van der Waals surface area contributed by atoms with E-state index in [0.717, 1.165) is 45.2 Å². The van der Waals surface area contributed by atoms with Crippen LogP contribution < -0.4 is 10.6 Å². The van der Waals surface area contributed by atoms with Crippen molar-refractivity contribution in [2.24, 2.45) is 11.3 Å². The molecule has 0 aromatic heterocycles. The molecule has 2 amide bonds. The lowest BCUT2D eigenvalue weighted by molar-refractivity contribution is -0.118. The molecule has 28 heavy (non-hydrogen) atoms. The van der Waals surface area contributed by atoms with Crippen LogP contribution in [0.25, 0.3) is 0 Å². The monoisotopic (exact) mass is 405 g/mol. The third kappa shape index (κ3) is 4.20. The van der Waals surface area contributed by atoms with Gasteiger partial charge in [-0.25, -0.2) is 0 Å². The molecule has 1 aliphatic heterocycles. The lowest BCUT2D eigenvalue weighted by Crippen LogP contribution is -2.38. The summed E-state index contributed by atoms with van der Waals surface area (Å²) >= 11 is 0. The molecule has 2 N–H and O–H groups in total. The van der Waals surface area contributed by atoms with Gasteiger partial charge < -0.3 is 15.5 Å². The number of hydrogen-bond donors (Lipinski definition) is 2. The third-order valence-electron chi connectivity index (χ3n) is 6.96. The van der Waals surface area contributed by atoms with Gasteiger partial charge >= 0.3 is 0 Å². The minimum Gasteiger partial charge on any atom is -0.339 e. The molecule has 1 aromatic rings. The normalized spacial score (nSPS) is 23.5. The van der Waals surface area contributed by atoms with Gasteiger partial charge in [-0.05, 0) is 62.7 Å². The van der Waals surface area contributed by atoms with Crippen LogP contribution in [-0.2, 0) is 4.79 Å². The predicted molar refractivity (Wildman–Crippen MR) is 114 cm³/mol. The van der Waals surface area contributed by atoms with Gasteiger partial charge in [0.15, 0.2) is 0 Å². The van der Waals surface area contributed by atoms with Crippen LogP contribution in [0.2, 0.25) is 0 Å². The first kappa shape index (κ1) is 21.1. The van der Waals surface area contributed by atoms with Gasteiger partial charge in [0.2, 0.25) is 5.91 Å². The smallest absolute Gasteiger partial charge is 0.255 e. The average molecular weight is 406 g/mol.